The Labute approximate surface area is 150 Å². The average molecular weight is 343 g/mol. The van der Waals surface area contributed by atoms with Gasteiger partial charge in [0.2, 0.25) is 0 Å². The van der Waals surface area contributed by atoms with Crippen molar-refractivity contribution in [3.63, 3.8) is 0 Å². The normalized spacial score (nSPS) is 11.6. The van der Waals surface area contributed by atoms with Crippen LogP contribution in [0.3, 0.4) is 0 Å². The quantitative estimate of drug-likeness (QED) is 0.280. The van der Waals surface area contributed by atoms with Crippen LogP contribution >= 0.6 is 0 Å². The minimum absolute atomic E-state index is 0.0652. The van der Waals surface area contributed by atoms with E-state index in [4.69, 9.17) is 0 Å². The Bertz CT molecular complexity index is 1160. The highest BCUT2D eigenvalue weighted by atomic mass is 16.6. The van der Waals surface area contributed by atoms with Crippen LogP contribution in [-0.4, -0.2) is 15.7 Å². The molecule has 5 nitrogen and oxygen atoms in total. The number of hydrogen-bond donors (Lipinski definition) is 0. The number of nitrogens with zero attached hydrogens (tertiary/aromatic N) is 3. The number of benzene rings is 3. The lowest BCUT2D eigenvalue weighted by molar-refractivity contribution is -0.384. The second-order valence-electron chi connectivity index (χ2n) is 6.07. The zero-order valence-electron chi connectivity index (χ0n) is 14.3. The Balaban J connectivity index is 1.77. The van der Waals surface area contributed by atoms with Crippen LogP contribution in [0.2, 0.25) is 0 Å². The summed E-state index contributed by atoms with van der Waals surface area (Å²) >= 11 is 0. The number of rotatable bonds is 4. The second-order valence-corrected chi connectivity index (χ2v) is 6.07. The first kappa shape index (κ1) is 16.0. The van der Waals surface area contributed by atoms with Crippen molar-refractivity contribution in [1.29, 1.82) is 0 Å². The summed E-state index contributed by atoms with van der Waals surface area (Å²) < 4.78 is 2.29. The number of non-ortho nitro benzene ring substituents is 1. The minimum atomic E-state index is -0.400. The van der Waals surface area contributed by atoms with Crippen LogP contribution in [0.4, 0.5) is 11.4 Å². The molecule has 0 atom stereocenters. The Hall–Kier alpha value is -3.47. The van der Waals surface area contributed by atoms with E-state index in [2.05, 4.69) is 46.8 Å². The van der Waals surface area contributed by atoms with Gasteiger partial charge in [0, 0.05) is 46.7 Å². The molecule has 3 aromatic carbocycles. The van der Waals surface area contributed by atoms with Gasteiger partial charge < -0.3 is 4.57 Å². The van der Waals surface area contributed by atoms with E-state index in [1.54, 1.807) is 18.3 Å². The summed E-state index contributed by atoms with van der Waals surface area (Å²) in [6.45, 7) is 3.04. The highest BCUT2D eigenvalue weighted by Gasteiger charge is 2.09. The fraction of sp³-hybridized carbons (Fsp3) is 0.0952. The summed E-state index contributed by atoms with van der Waals surface area (Å²) in [4.78, 5) is 15.0. The molecule has 128 valence electrons. The molecule has 0 aliphatic heterocycles. The summed E-state index contributed by atoms with van der Waals surface area (Å²) in [5.74, 6) is 0. The maximum atomic E-state index is 10.9. The Morgan fingerprint density at radius 2 is 1.81 bits per heavy atom. The zero-order chi connectivity index (χ0) is 18.1. The number of para-hydroxylation sites is 1. The molecule has 1 aromatic heterocycles. The van der Waals surface area contributed by atoms with Crippen LogP contribution in [0, 0.1) is 10.1 Å². The van der Waals surface area contributed by atoms with Crippen LogP contribution in [0.1, 0.15) is 12.5 Å². The molecule has 0 bridgehead atoms. The van der Waals surface area contributed by atoms with Gasteiger partial charge in [-0.2, -0.15) is 0 Å². The third-order valence-electron chi connectivity index (χ3n) is 4.52. The lowest BCUT2D eigenvalue weighted by Crippen LogP contribution is -1.92. The smallest absolute Gasteiger partial charge is 0.270 e. The predicted molar refractivity (Wildman–Crippen MR) is 105 cm³/mol. The van der Waals surface area contributed by atoms with Crippen molar-refractivity contribution in [2.24, 2.45) is 4.99 Å². The third-order valence-corrected chi connectivity index (χ3v) is 4.52. The van der Waals surface area contributed by atoms with Crippen molar-refractivity contribution in [3.05, 3.63) is 82.4 Å². The maximum absolute atomic E-state index is 10.9. The van der Waals surface area contributed by atoms with E-state index in [0.29, 0.717) is 5.56 Å². The predicted octanol–water partition coefficient (Wildman–Crippen LogP) is 5.47. The number of nitro groups is 1. The largest absolute Gasteiger partial charge is 0.341 e. The van der Waals surface area contributed by atoms with Crippen LogP contribution in [-0.2, 0) is 6.54 Å². The van der Waals surface area contributed by atoms with Gasteiger partial charge in [-0.15, -0.1) is 0 Å². The molecule has 0 unspecified atom stereocenters. The molecule has 4 aromatic rings. The van der Waals surface area contributed by atoms with E-state index in [1.807, 2.05) is 12.1 Å². The lowest BCUT2D eigenvalue weighted by atomic mass is 10.1. The van der Waals surface area contributed by atoms with Crippen molar-refractivity contribution >= 4 is 39.4 Å². The van der Waals surface area contributed by atoms with Crippen molar-refractivity contribution < 1.29 is 4.92 Å². The fourth-order valence-electron chi connectivity index (χ4n) is 3.33. The molecule has 26 heavy (non-hydrogen) atoms. The molecule has 0 saturated carbocycles. The van der Waals surface area contributed by atoms with Crippen LogP contribution in [0.5, 0.6) is 0 Å². The monoisotopic (exact) mass is 343 g/mol. The molecule has 5 heteroatoms. The molecule has 0 amide bonds. The van der Waals surface area contributed by atoms with Crippen molar-refractivity contribution in [2.45, 2.75) is 13.5 Å². The topological polar surface area (TPSA) is 60.4 Å². The first-order valence-electron chi connectivity index (χ1n) is 8.47. The molecule has 0 radical (unpaired) electrons. The van der Waals surface area contributed by atoms with E-state index in [1.165, 1.54) is 28.6 Å². The van der Waals surface area contributed by atoms with E-state index >= 15 is 0 Å². The Morgan fingerprint density at radius 1 is 1.00 bits per heavy atom. The Kier molecular flexibility index (Phi) is 3.97. The molecule has 4 rings (SSSR count). The summed E-state index contributed by atoms with van der Waals surface area (Å²) in [6, 6.07) is 20.9. The van der Waals surface area contributed by atoms with E-state index in [0.717, 1.165) is 17.6 Å². The number of nitro benzene ring substituents is 1. The van der Waals surface area contributed by atoms with Gasteiger partial charge in [-0.25, -0.2) is 0 Å². The van der Waals surface area contributed by atoms with Gasteiger partial charge in [-0.1, -0.05) is 30.3 Å². The molecule has 0 saturated heterocycles. The number of hydrogen-bond acceptors (Lipinski definition) is 3. The highest BCUT2D eigenvalue weighted by molar-refractivity contribution is 6.09. The average Bonchev–Trinajstić information content (AvgIpc) is 2.99. The molecule has 0 aliphatic rings. The number of aliphatic imine (C=N–C) groups is 1. The number of fused-ring (bicyclic) bond motifs is 3. The molecule has 1 heterocycles. The van der Waals surface area contributed by atoms with Gasteiger partial charge in [0.25, 0.3) is 5.69 Å². The molecular formula is C21H17N3O2. The van der Waals surface area contributed by atoms with Crippen LogP contribution in [0.15, 0.2) is 71.7 Å². The molecular weight excluding hydrogens is 326 g/mol. The van der Waals surface area contributed by atoms with Gasteiger partial charge in [-0.05, 0) is 36.8 Å². The summed E-state index contributed by atoms with van der Waals surface area (Å²) in [5.41, 5.74) is 3.99. The van der Waals surface area contributed by atoms with E-state index in [9.17, 15) is 10.1 Å². The van der Waals surface area contributed by atoms with E-state index in [-0.39, 0.29) is 5.69 Å². The van der Waals surface area contributed by atoms with Gasteiger partial charge in [0.15, 0.2) is 0 Å². The maximum Gasteiger partial charge on any atom is 0.270 e. The van der Waals surface area contributed by atoms with Crippen molar-refractivity contribution in [2.75, 3.05) is 0 Å². The molecule has 0 spiro atoms. The van der Waals surface area contributed by atoms with Gasteiger partial charge in [0.05, 0.1) is 10.6 Å². The standard InChI is InChI=1S/C21H17N3O2/c1-2-23-20-9-4-3-8-18(20)19-13-16(10-11-21(19)23)22-14-15-6-5-7-17(12-15)24(25)26/h3-14H,2H2,1H3. The summed E-state index contributed by atoms with van der Waals surface area (Å²) in [6.07, 6.45) is 1.66. The fourth-order valence-corrected chi connectivity index (χ4v) is 3.33. The summed E-state index contributed by atoms with van der Waals surface area (Å²) in [7, 11) is 0. The van der Waals surface area contributed by atoms with Crippen LogP contribution in [0.25, 0.3) is 21.8 Å². The summed E-state index contributed by atoms with van der Waals surface area (Å²) in [5, 5.41) is 13.3. The minimum Gasteiger partial charge on any atom is -0.341 e. The van der Waals surface area contributed by atoms with Crippen molar-refractivity contribution in [1.82, 2.24) is 4.57 Å². The number of aromatic nitrogens is 1. The SMILES string of the molecule is CCn1c2ccccc2c2cc(N=Cc3cccc([N+](=O)[O-])c3)ccc21. The first-order valence-corrected chi connectivity index (χ1v) is 8.47. The lowest BCUT2D eigenvalue weighted by Gasteiger charge is -2.02. The zero-order valence-corrected chi connectivity index (χ0v) is 14.3. The van der Waals surface area contributed by atoms with Crippen molar-refractivity contribution in [3.8, 4) is 0 Å². The highest BCUT2D eigenvalue weighted by Crippen LogP contribution is 2.31. The van der Waals surface area contributed by atoms with E-state index < -0.39 is 4.92 Å². The van der Waals surface area contributed by atoms with Gasteiger partial charge in [0.1, 0.15) is 0 Å². The first-order chi connectivity index (χ1) is 12.7. The second kappa shape index (κ2) is 6.44. The molecule has 0 aliphatic carbocycles. The van der Waals surface area contributed by atoms with Crippen LogP contribution < -0.4 is 0 Å². The van der Waals surface area contributed by atoms with Gasteiger partial charge >= 0.3 is 0 Å². The Morgan fingerprint density at radius 3 is 2.62 bits per heavy atom. The molecule has 0 N–H and O–H groups in total. The molecule has 0 fully saturated rings. The van der Waals surface area contributed by atoms with Gasteiger partial charge in [-0.3, -0.25) is 15.1 Å². The number of aryl methyl sites for hydroxylation is 1. The third kappa shape index (κ3) is 2.73.